The van der Waals surface area contributed by atoms with Crippen LogP contribution < -0.4 is 0 Å². The van der Waals surface area contributed by atoms with Crippen molar-refractivity contribution in [2.45, 2.75) is 20.8 Å². The molecule has 2 rings (SSSR count). The molecule has 0 fully saturated rings. The summed E-state index contributed by atoms with van der Waals surface area (Å²) in [6.07, 6.45) is 0. The zero-order valence-electron chi connectivity index (χ0n) is 18.0. The summed E-state index contributed by atoms with van der Waals surface area (Å²) in [5.74, 6) is -3.42. The average Bonchev–Trinajstić information content (AvgIpc) is 3.04. The van der Waals surface area contributed by atoms with Crippen LogP contribution >= 0.6 is 19.2 Å². The van der Waals surface area contributed by atoms with E-state index in [0.717, 1.165) is 7.11 Å². The Balaban J connectivity index is 3.15. The van der Waals surface area contributed by atoms with Crippen LogP contribution in [0.2, 0.25) is 5.02 Å². The van der Waals surface area contributed by atoms with Gasteiger partial charge in [-0.3, -0.25) is 4.79 Å². The van der Waals surface area contributed by atoms with E-state index in [4.69, 9.17) is 30.1 Å². The minimum Gasteiger partial charge on any atom is -0.465 e. The van der Waals surface area contributed by atoms with E-state index in [1.54, 1.807) is 19.9 Å². The molecule has 1 aliphatic carbocycles. The van der Waals surface area contributed by atoms with Crippen molar-refractivity contribution in [2.24, 2.45) is 5.41 Å². The Hall–Kier alpha value is -2.47. The number of Topliss-reactive ketones (excluding diaryl/α,β-unsaturated/α-hetero) is 1. The second-order valence-corrected chi connectivity index (χ2v) is 8.81. The smallest absolute Gasteiger partial charge is 0.339 e. The lowest BCUT2D eigenvalue weighted by Crippen LogP contribution is -2.40. The molecule has 0 spiro atoms. The first-order valence-electron chi connectivity index (χ1n) is 9.69. The van der Waals surface area contributed by atoms with Gasteiger partial charge in [0.25, 0.3) is 7.57 Å². The monoisotopic (exact) mass is 483 g/mol. The van der Waals surface area contributed by atoms with Crippen molar-refractivity contribution in [1.29, 1.82) is 5.26 Å². The third kappa shape index (κ3) is 4.25. The molecule has 0 aliphatic heterocycles. The maximum absolute atomic E-state index is 13.7. The van der Waals surface area contributed by atoms with Gasteiger partial charge in [0, 0.05) is 10.6 Å². The molecular formula is C21H23ClNO8P. The van der Waals surface area contributed by atoms with Crippen LogP contribution in [0.25, 0.3) is 5.57 Å². The van der Waals surface area contributed by atoms with Gasteiger partial charge < -0.3 is 23.4 Å². The fraction of sp³-hybridized carbons (Fsp3) is 0.381. The number of benzene rings is 1. The second kappa shape index (κ2) is 10.4. The largest absolute Gasteiger partial charge is 0.465 e. The predicted octanol–water partition coefficient (Wildman–Crippen LogP) is 2.92. The van der Waals surface area contributed by atoms with E-state index in [2.05, 4.69) is 0 Å². The summed E-state index contributed by atoms with van der Waals surface area (Å²) >= 11 is 5.96. The normalized spacial score (nSPS) is 18.5. The molecule has 1 atom stereocenters. The molecule has 0 saturated carbocycles. The summed E-state index contributed by atoms with van der Waals surface area (Å²) in [7, 11) is -3.13. The standard InChI is InChI=1S/C21H23ClNO8P/c1-5-29-20(26)21(12-23)16(13-8-10-14(22)11-9-13)15(19(25)28-4)17(18(21)24)32(27,30-6-2)31-7-3/h8-11,27H,5-7H2,1-4H3. The molecule has 1 aliphatic rings. The van der Waals surface area contributed by atoms with Crippen molar-refractivity contribution in [3.63, 3.8) is 0 Å². The van der Waals surface area contributed by atoms with Gasteiger partial charge in [-0.15, -0.1) is 0 Å². The molecule has 9 nitrogen and oxygen atoms in total. The highest BCUT2D eigenvalue weighted by Crippen LogP contribution is 2.56. The molecule has 11 heteroatoms. The topological polar surface area (TPSA) is 132 Å². The molecule has 0 radical (unpaired) electrons. The predicted molar refractivity (Wildman–Crippen MR) is 117 cm³/mol. The number of ether oxygens (including phenoxy) is 2. The van der Waals surface area contributed by atoms with Crippen LogP contribution in [0, 0.1) is 16.7 Å². The number of halogens is 1. The van der Waals surface area contributed by atoms with Gasteiger partial charge >= 0.3 is 11.9 Å². The minimum absolute atomic E-state index is 0.0786. The van der Waals surface area contributed by atoms with Gasteiger partial charge in [0.15, 0.2) is 0 Å². The van der Waals surface area contributed by atoms with Crippen LogP contribution in [-0.2, 0) is 32.9 Å². The van der Waals surface area contributed by atoms with E-state index in [0.29, 0.717) is 5.02 Å². The van der Waals surface area contributed by atoms with Gasteiger partial charge in [-0.2, -0.15) is 5.26 Å². The zero-order valence-corrected chi connectivity index (χ0v) is 19.7. The Morgan fingerprint density at radius 2 is 1.69 bits per heavy atom. The zero-order chi connectivity index (χ0) is 24.1. The minimum atomic E-state index is -4.19. The summed E-state index contributed by atoms with van der Waals surface area (Å²) in [6, 6.07) is 7.50. The van der Waals surface area contributed by atoms with Crippen LogP contribution in [0.3, 0.4) is 0 Å². The number of hydrogen-bond donors (Lipinski definition) is 1. The molecule has 172 valence electrons. The lowest BCUT2D eigenvalue weighted by atomic mass is 9.78. The first kappa shape index (κ1) is 25.8. The van der Waals surface area contributed by atoms with Gasteiger partial charge in [-0.05, 0) is 38.5 Å². The highest BCUT2D eigenvalue weighted by Gasteiger charge is 2.63. The number of rotatable bonds is 8. The van der Waals surface area contributed by atoms with E-state index in [-0.39, 0.29) is 31.0 Å². The molecule has 0 saturated heterocycles. The Kier molecular flexibility index (Phi) is 8.41. The maximum atomic E-state index is 13.7. The van der Waals surface area contributed by atoms with E-state index >= 15 is 0 Å². The summed E-state index contributed by atoms with van der Waals surface area (Å²) in [4.78, 5) is 50.9. The number of esters is 2. The Morgan fingerprint density at radius 1 is 1.12 bits per heavy atom. The number of methoxy groups -OCH3 is 1. The fourth-order valence-electron chi connectivity index (χ4n) is 3.36. The number of ketones is 1. The van der Waals surface area contributed by atoms with Crippen molar-refractivity contribution in [3.8, 4) is 6.07 Å². The Labute approximate surface area is 190 Å². The van der Waals surface area contributed by atoms with Gasteiger partial charge in [-0.1, -0.05) is 23.7 Å². The number of nitriles is 1. The Bertz CT molecular complexity index is 1050. The average molecular weight is 484 g/mol. The van der Waals surface area contributed by atoms with Crippen molar-refractivity contribution in [3.05, 3.63) is 40.4 Å². The molecule has 1 unspecified atom stereocenters. The van der Waals surface area contributed by atoms with Crippen LogP contribution in [0.4, 0.5) is 0 Å². The fourth-order valence-corrected chi connectivity index (χ4v) is 5.43. The Morgan fingerprint density at radius 3 is 2.12 bits per heavy atom. The molecule has 1 aromatic rings. The lowest BCUT2D eigenvalue weighted by Gasteiger charge is -2.23. The van der Waals surface area contributed by atoms with Crippen molar-refractivity contribution in [2.75, 3.05) is 26.9 Å². The molecule has 0 bridgehead atoms. The van der Waals surface area contributed by atoms with E-state index < -0.39 is 41.6 Å². The van der Waals surface area contributed by atoms with E-state index in [1.807, 2.05) is 0 Å². The first-order chi connectivity index (χ1) is 15.2. The molecule has 0 amide bonds. The maximum Gasteiger partial charge on any atom is 0.339 e. The first-order valence-corrected chi connectivity index (χ1v) is 11.6. The van der Waals surface area contributed by atoms with Crippen LogP contribution in [0.15, 0.2) is 29.8 Å². The quantitative estimate of drug-likeness (QED) is 0.336. The molecule has 1 N–H and O–H groups in total. The highest BCUT2D eigenvalue weighted by atomic mass is 35.5. The van der Waals surface area contributed by atoms with Crippen molar-refractivity contribution >= 4 is 47.8 Å². The van der Waals surface area contributed by atoms with E-state index in [9.17, 15) is 24.5 Å². The van der Waals surface area contributed by atoms with E-state index in [1.165, 1.54) is 31.2 Å². The number of carbonyl (C=O) groups is 3. The van der Waals surface area contributed by atoms with Gasteiger partial charge in [0.1, 0.15) is 5.29 Å². The third-order valence-corrected chi connectivity index (χ3v) is 7.04. The van der Waals surface area contributed by atoms with Gasteiger partial charge in [0.05, 0.1) is 38.6 Å². The lowest BCUT2D eigenvalue weighted by molar-refractivity contribution is -0.151. The second-order valence-electron chi connectivity index (χ2n) is 6.36. The van der Waals surface area contributed by atoms with Crippen LogP contribution in [0.5, 0.6) is 0 Å². The molecule has 1 aromatic carbocycles. The number of nitrogens with zero attached hydrogens (tertiary/aromatic N) is 1. The van der Waals surface area contributed by atoms with Gasteiger partial charge in [0.2, 0.25) is 11.2 Å². The SMILES string of the molecule is CCOC(=O)C1(C#N)C(=O)C(=P(O)(OCC)OCC)C(C(=O)OC)=C1c1ccc(Cl)cc1. The van der Waals surface area contributed by atoms with Crippen LogP contribution in [-0.4, -0.2) is 54.8 Å². The molecule has 0 aromatic heterocycles. The van der Waals surface area contributed by atoms with Crippen molar-refractivity contribution in [1.82, 2.24) is 0 Å². The summed E-state index contributed by atoms with van der Waals surface area (Å²) in [6.45, 7) is 4.31. The molecule has 32 heavy (non-hydrogen) atoms. The van der Waals surface area contributed by atoms with Gasteiger partial charge in [-0.25, -0.2) is 9.59 Å². The highest BCUT2D eigenvalue weighted by molar-refractivity contribution is 7.65. The molecular weight excluding hydrogens is 461 g/mol. The van der Waals surface area contributed by atoms with Crippen molar-refractivity contribution < 1.29 is 37.8 Å². The molecule has 0 heterocycles. The van der Waals surface area contributed by atoms with Crippen LogP contribution in [0.1, 0.15) is 26.3 Å². The third-order valence-electron chi connectivity index (χ3n) is 4.58. The summed E-state index contributed by atoms with van der Waals surface area (Å²) < 4.78 is 20.7. The summed E-state index contributed by atoms with van der Waals surface area (Å²) in [5.41, 5.74) is -3.20. The number of carbonyl (C=O) groups excluding carboxylic acids is 3. The summed E-state index contributed by atoms with van der Waals surface area (Å²) in [5, 5.41) is 9.86. The number of hydrogen-bond acceptors (Lipinski definition) is 9.